The van der Waals surface area contributed by atoms with Gasteiger partial charge in [0.05, 0.1) is 0 Å². The summed E-state index contributed by atoms with van der Waals surface area (Å²) in [6, 6.07) is 7.80. The van der Waals surface area contributed by atoms with Gasteiger partial charge in [0.15, 0.2) is 15.9 Å². The van der Waals surface area contributed by atoms with Crippen LogP contribution in [0, 0.1) is 0 Å². The molecule has 0 saturated heterocycles. The Hall–Kier alpha value is -2.68. The number of aromatic nitrogens is 4. The summed E-state index contributed by atoms with van der Waals surface area (Å²) in [4.78, 5) is 43.4. The van der Waals surface area contributed by atoms with E-state index in [0.29, 0.717) is 16.9 Å². The Morgan fingerprint density at radius 2 is 1.92 bits per heavy atom. The maximum absolute atomic E-state index is 12.9. The van der Waals surface area contributed by atoms with Crippen molar-refractivity contribution < 1.29 is 4.79 Å². The van der Waals surface area contributed by atoms with Gasteiger partial charge in [0.1, 0.15) is 6.54 Å². The van der Waals surface area contributed by atoms with E-state index < -0.39 is 11.2 Å². The van der Waals surface area contributed by atoms with Crippen molar-refractivity contribution >= 4 is 38.7 Å². The van der Waals surface area contributed by atoms with Gasteiger partial charge < -0.3 is 4.90 Å². The smallest absolute Gasteiger partial charge is 0.310 e. The first-order valence-electron chi connectivity index (χ1n) is 8.10. The molecule has 0 spiro atoms. The zero-order valence-corrected chi connectivity index (χ0v) is 15.9. The predicted octanol–water partition coefficient (Wildman–Crippen LogP) is 0.785. The van der Waals surface area contributed by atoms with E-state index in [1.54, 1.807) is 16.5 Å². The number of benzene rings is 1. The maximum Gasteiger partial charge on any atom is 0.332 e. The number of anilines is 1. The minimum Gasteiger partial charge on any atom is -0.310 e. The zero-order valence-electron chi connectivity index (χ0n) is 14.3. The Balaban J connectivity index is 1.79. The first-order chi connectivity index (χ1) is 12.4. The Morgan fingerprint density at radius 1 is 1.19 bits per heavy atom. The maximum atomic E-state index is 12.9. The van der Waals surface area contributed by atoms with Crippen LogP contribution in [0.25, 0.3) is 11.2 Å². The number of amides is 1. The third kappa shape index (κ3) is 2.34. The first kappa shape index (κ1) is 16.8. The Kier molecular flexibility index (Phi) is 3.83. The molecule has 9 heteroatoms. The minimum atomic E-state index is -0.485. The number of imidazole rings is 1. The lowest BCUT2D eigenvalue weighted by Gasteiger charge is -2.18. The largest absolute Gasteiger partial charge is 0.332 e. The molecule has 0 saturated carbocycles. The molecule has 4 rings (SSSR count). The summed E-state index contributed by atoms with van der Waals surface area (Å²) in [5, 5.41) is 0. The number of rotatable bonds is 2. The van der Waals surface area contributed by atoms with Gasteiger partial charge in [0, 0.05) is 26.3 Å². The van der Waals surface area contributed by atoms with E-state index in [-0.39, 0.29) is 18.0 Å². The van der Waals surface area contributed by atoms with Crippen LogP contribution < -0.4 is 16.1 Å². The van der Waals surface area contributed by atoms with Crippen LogP contribution in [0.2, 0.25) is 0 Å². The van der Waals surface area contributed by atoms with Crippen molar-refractivity contribution in [2.24, 2.45) is 14.1 Å². The fourth-order valence-electron chi connectivity index (χ4n) is 3.42. The molecule has 1 aliphatic rings. The molecule has 0 atom stereocenters. The summed E-state index contributed by atoms with van der Waals surface area (Å²) in [6.45, 7) is 0.592. The molecule has 0 aliphatic carbocycles. The number of nitrogens with zero attached hydrogens (tertiary/aromatic N) is 5. The molecule has 1 aliphatic heterocycles. The molecule has 1 amide bonds. The Labute approximate surface area is 156 Å². The van der Waals surface area contributed by atoms with Crippen molar-refractivity contribution in [2.45, 2.75) is 13.0 Å². The van der Waals surface area contributed by atoms with Crippen LogP contribution in [0.1, 0.15) is 5.56 Å². The lowest BCUT2D eigenvalue weighted by atomic mass is 10.2. The van der Waals surface area contributed by atoms with Gasteiger partial charge in [0.2, 0.25) is 5.91 Å². The molecule has 0 N–H and O–H groups in total. The van der Waals surface area contributed by atoms with Gasteiger partial charge in [-0.25, -0.2) is 9.78 Å². The van der Waals surface area contributed by atoms with Gasteiger partial charge in [-0.05, 0) is 34.0 Å². The van der Waals surface area contributed by atoms with E-state index in [0.717, 1.165) is 22.2 Å². The molecular formula is C17H16BrN5O3. The van der Waals surface area contributed by atoms with Crippen LogP contribution in [0.3, 0.4) is 0 Å². The molecule has 0 bridgehead atoms. The number of hydrogen-bond donors (Lipinski definition) is 0. The van der Waals surface area contributed by atoms with E-state index in [9.17, 15) is 14.4 Å². The van der Waals surface area contributed by atoms with Gasteiger partial charge in [-0.3, -0.25) is 23.3 Å². The fourth-order valence-corrected chi connectivity index (χ4v) is 3.89. The van der Waals surface area contributed by atoms with Crippen molar-refractivity contribution in [3.63, 3.8) is 0 Å². The summed E-state index contributed by atoms with van der Waals surface area (Å²) in [7, 11) is 2.97. The highest BCUT2D eigenvalue weighted by molar-refractivity contribution is 9.10. The molecular weight excluding hydrogens is 402 g/mol. The van der Waals surface area contributed by atoms with Crippen LogP contribution in [-0.2, 0) is 31.9 Å². The van der Waals surface area contributed by atoms with E-state index in [2.05, 4.69) is 20.9 Å². The number of carbonyl (C=O) groups excluding carboxylic acids is 1. The first-order valence-corrected chi connectivity index (χ1v) is 8.89. The van der Waals surface area contributed by atoms with Gasteiger partial charge >= 0.3 is 5.69 Å². The fraction of sp³-hybridized carbons (Fsp3) is 0.294. The molecule has 8 nitrogen and oxygen atoms in total. The van der Waals surface area contributed by atoms with E-state index in [4.69, 9.17) is 0 Å². The topological polar surface area (TPSA) is 82.1 Å². The highest BCUT2D eigenvalue weighted by Crippen LogP contribution is 2.28. The predicted molar refractivity (Wildman–Crippen MR) is 100 cm³/mol. The summed E-state index contributed by atoms with van der Waals surface area (Å²) < 4.78 is 4.23. The molecule has 26 heavy (non-hydrogen) atoms. The monoisotopic (exact) mass is 417 g/mol. The van der Waals surface area contributed by atoms with Crippen molar-refractivity contribution in [3.8, 4) is 0 Å². The van der Waals surface area contributed by atoms with Crippen molar-refractivity contribution in [2.75, 3.05) is 11.4 Å². The Morgan fingerprint density at radius 3 is 2.69 bits per heavy atom. The highest BCUT2D eigenvalue weighted by atomic mass is 79.9. The van der Waals surface area contributed by atoms with Crippen molar-refractivity contribution in [1.82, 2.24) is 18.7 Å². The summed E-state index contributed by atoms with van der Waals surface area (Å²) in [5.41, 5.74) is 1.57. The molecule has 3 heterocycles. The molecule has 3 aromatic rings. The normalized spacial score (nSPS) is 13.4. The molecule has 1 aromatic carbocycles. The van der Waals surface area contributed by atoms with Crippen LogP contribution in [0.4, 0.5) is 5.69 Å². The van der Waals surface area contributed by atoms with Crippen LogP contribution >= 0.6 is 15.9 Å². The second-order valence-corrected chi connectivity index (χ2v) is 6.98. The average molecular weight is 418 g/mol. The highest BCUT2D eigenvalue weighted by Gasteiger charge is 2.26. The number of aryl methyl sites for hydroxylation is 1. The summed E-state index contributed by atoms with van der Waals surface area (Å²) in [6.07, 6.45) is 0.812. The quantitative estimate of drug-likeness (QED) is 0.577. The number of carbonyl (C=O) groups is 1. The molecule has 2 aromatic heterocycles. The van der Waals surface area contributed by atoms with Crippen LogP contribution in [0.5, 0.6) is 0 Å². The van der Waals surface area contributed by atoms with E-state index in [1.165, 1.54) is 11.6 Å². The molecule has 0 radical (unpaired) electrons. The van der Waals surface area contributed by atoms with E-state index >= 15 is 0 Å². The third-order valence-electron chi connectivity index (χ3n) is 4.77. The van der Waals surface area contributed by atoms with Gasteiger partial charge in [0.25, 0.3) is 5.56 Å². The van der Waals surface area contributed by atoms with Crippen molar-refractivity contribution in [3.05, 3.63) is 55.4 Å². The van der Waals surface area contributed by atoms with Crippen LogP contribution in [0.15, 0.2) is 38.6 Å². The molecule has 134 valence electrons. The summed E-state index contributed by atoms with van der Waals surface area (Å²) in [5.74, 6) is -0.122. The number of fused-ring (bicyclic) bond motifs is 2. The Bertz CT molecular complexity index is 1170. The number of halogens is 1. The average Bonchev–Trinajstić information content (AvgIpc) is 3.20. The second kappa shape index (κ2) is 5.94. The van der Waals surface area contributed by atoms with Crippen LogP contribution in [-0.4, -0.2) is 31.1 Å². The number of para-hydroxylation sites is 1. The second-order valence-electron chi connectivity index (χ2n) is 6.27. The van der Waals surface area contributed by atoms with E-state index in [1.807, 2.05) is 24.3 Å². The lowest BCUT2D eigenvalue weighted by molar-refractivity contribution is -0.119. The van der Waals surface area contributed by atoms with Gasteiger partial charge in [-0.2, -0.15) is 0 Å². The molecule has 0 unspecified atom stereocenters. The third-order valence-corrected chi connectivity index (χ3v) is 5.38. The van der Waals surface area contributed by atoms with Gasteiger partial charge in [-0.15, -0.1) is 0 Å². The minimum absolute atomic E-state index is 0.0220. The summed E-state index contributed by atoms with van der Waals surface area (Å²) >= 11 is 3.31. The zero-order chi connectivity index (χ0) is 18.6. The number of hydrogen-bond acceptors (Lipinski definition) is 4. The lowest BCUT2D eigenvalue weighted by Crippen LogP contribution is -2.38. The SMILES string of the molecule is Cn1c(=O)c2nc(Br)n(CC(=O)N3CCc4ccccc43)c2n(C)c1=O. The van der Waals surface area contributed by atoms with Gasteiger partial charge in [-0.1, -0.05) is 18.2 Å². The molecule has 0 fully saturated rings. The van der Waals surface area contributed by atoms with Crippen molar-refractivity contribution in [1.29, 1.82) is 0 Å². The standard InChI is InChI=1S/C17H16BrN5O3/c1-20-14-13(15(25)21(2)17(20)26)19-16(18)23(14)9-12(24)22-8-7-10-5-3-4-6-11(10)22/h3-6H,7-9H2,1-2H3.